The minimum atomic E-state index is -0.653. The topological polar surface area (TPSA) is 69.7 Å². The Labute approximate surface area is 102 Å². The Morgan fingerprint density at radius 3 is 2.94 bits per heavy atom. The molecule has 2 rings (SSSR count). The summed E-state index contributed by atoms with van der Waals surface area (Å²) in [4.78, 5) is 2.15. The lowest BCUT2D eigenvalue weighted by molar-refractivity contribution is 0.0551. The van der Waals surface area contributed by atoms with Crippen LogP contribution in [0, 0.1) is 6.92 Å². The number of aliphatic hydroxyl groups excluding tert-OH is 2. The summed E-state index contributed by atoms with van der Waals surface area (Å²) >= 11 is 0. The Hall–Kier alpha value is -1.10. The molecular formula is C13H20N2O2. The van der Waals surface area contributed by atoms with E-state index in [1.54, 1.807) is 0 Å². The van der Waals surface area contributed by atoms with Crippen molar-refractivity contribution in [2.24, 2.45) is 0 Å². The fourth-order valence-electron chi connectivity index (χ4n) is 2.37. The first kappa shape index (κ1) is 12.4. The van der Waals surface area contributed by atoms with Gasteiger partial charge >= 0.3 is 0 Å². The molecule has 1 atom stereocenters. The zero-order valence-electron chi connectivity index (χ0n) is 10.2. The molecule has 1 aliphatic heterocycles. The van der Waals surface area contributed by atoms with Gasteiger partial charge in [0.1, 0.15) is 0 Å². The van der Waals surface area contributed by atoms with Crippen molar-refractivity contribution in [3.05, 3.63) is 28.8 Å². The van der Waals surface area contributed by atoms with E-state index in [2.05, 4.69) is 11.0 Å². The van der Waals surface area contributed by atoms with E-state index in [-0.39, 0.29) is 6.61 Å². The Morgan fingerprint density at radius 2 is 2.24 bits per heavy atom. The molecule has 1 heterocycles. The van der Waals surface area contributed by atoms with Crippen LogP contribution in [0.1, 0.15) is 16.7 Å². The van der Waals surface area contributed by atoms with Crippen molar-refractivity contribution in [1.82, 2.24) is 4.90 Å². The molecule has 4 nitrogen and oxygen atoms in total. The Balaban J connectivity index is 2.12. The lowest BCUT2D eigenvalue weighted by Crippen LogP contribution is -2.38. The smallest absolute Gasteiger partial charge is 0.0897 e. The molecule has 0 amide bonds. The van der Waals surface area contributed by atoms with Crippen LogP contribution in [0.4, 0.5) is 5.69 Å². The summed E-state index contributed by atoms with van der Waals surface area (Å²) in [5.74, 6) is 0. The third-order valence-electron chi connectivity index (χ3n) is 3.42. The zero-order chi connectivity index (χ0) is 12.4. The minimum absolute atomic E-state index is 0.181. The van der Waals surface area contributed by atoms with Crippen molar-refractivity contribution in [2.45, 2.75) is 26.0 Å². The van der Waals surface area contributed by atoms with Crippen LogP contribution in [0.15, 0.2) is 12.1 Å². The van der Waals surface area contributed by atoms with Crippen molar-refractivity contribution in [1.29, 1.82) is 0 Å². The van der Waals surface area contributed by atoms with Crippen LogP contribution in [0.5, 0.6) is 0 Å². The maximum absolute atomic E-state index is 9.44. The summed E-state index contributed by atoms with van der Waals surface area (Å²) in [6, 6.07) is 4.15. The van der Waals surface area contributed by atoms with E-state index in [0.29, 0.717) is 6.54 Å². The van der Waals surface area contributed by atoms with Crippen LogP contribution in [-0.4, -0.2) is 40.9 Å². The molecule has 0 spiro atoms. The maximum Gasteiger partial charge on any atom is 0.0897 e. The quantitative estimate of drug-likeness (QED) is 0.660. The molecule has 0 radical (unpaired) electrons. The molecule has 0 aliphatic carbocycles. The number of β-amino-alcohol motifs (C(OH)–C–C–N with tert-alkyl or cyclic N) is 1. The summed E-state index contributed by atoms with van der Waals surface area (Å²) in [6.07, 6.45) is 0.264. The van der Waals surface area contributed by atoms with Gasteiger partial charge in [-0.15, -0.1) is 0 Å². The van der Waals surface area contributed by atoms with Gasteiger partial charge in [-0.2, -0.15) is 0 Å². The highest BCUT2D eigenvalue weighted by Crippen LogP contribution is 2.26. The predicted molar refractivity (Wildman–Crippen MR) is 67.7 cm³/mol. The monoisotopic (exact) mass is 236 g/mol. The second-order valence-corrected chi connectivity index (χ2v) is 4.76. The van der Waals surface area contributed by atoms with Crippen molar-refractivity contribution in [3.8, 4) is 0 Å². The second-order valence-electron chi connectivity index (χ2n) is 4.76. The SMILES string of the molecule is Cc1ccc2c(c1N)CCN(CC(O)CO)C2. The van der Waals surface area contributed by atoms with Gasteiger partial charge in [-0.25, -0.2) is 0 Å². The van der Waals surface area contributed by atoms with Gasteiger partial charge in [-0.1, -0.05) is 12.1 Å². The first-order chi connectivity index (χ1) is 8.11. The first-order valence-corrected chi connectivity index (χ1v) is 6.00. The van der Waals surface area contributed by atoms with Crippen LogP contribution in [0.25, 0.3) is 0 Å². The van der Waals surface area contributed by atoms with E-state index >= 15 is 0 Å². The van der Waals surface area contributed by atoms with Gasteiger partial charge in [-0.3, -0.25) is 4.90 Å². The molecule has 1 aliphatic rings. The van der Waals surface area contributed by atoms with Crippen LogP contribution >= 0.6 is 0 Å². The van der Waals surface area contributed by atoms with Crippen LogP contribution in [0.2, 0.25) is 0 Å². The van der Waals surface area contributed by atoms with Crippen LogP contribution < -0.4 is 5.73 Å². The third kappa shape index (κ3) is 2.60. The summed E-state index contributed by atoms with van der Waals surface area (Å²) in [5, 5.41) is 18.3. The van der Waals surface area contributed by atoms with E-state index < -0.39 is 6.10 Å². The van der Waals surface area contributed by atoms with E-state index in [1.807, 2.05) is 13.0 Å². The number of aliphatic hydroxyl groups is 2. The zero-order valence-corrected chi connectivity index (χ0v) is 10.2. The number of benzene rings is 1. The molecule has 0 saturated heterocycles. The molecule has 0 bridgehead atoms. The molecule has 1 aromatic carbocycles. The molecule has 4 N–H and O–H groups in total. The van der Waals surface area contributed by atoms with Gasteiger partial charge in [0.2, 0.25) is 0 Å². The van der Waals surface area contributed by atoms with Crippen LogP contribution in [-0.2, 0) is 13.0 Å². The maximum atomic E-state index is 9.44. The molecule has 0 fully saturated rings. The van der Waals surface area contributed by atoms with E-state index in [4.69, 9.17) is 10.8 Å². The van der Waals surface area contributed by atoms with Gasteiger partial charge in [-0.05, 0) is 30.0 Å². The Morgan fingerprint density at radius 1 is 1.47 bits per heavy atom. The Kier molecular flexibility index (Phi) is 3.66. The average molecular weight is 236 g/mol. The van der Waals surface area contributed by atoms with E-state index in [9.17, 15) is 5.11 Å². The largest absolute Gasteiger partial charge is 0.398 e. The minimum Gasteiger partial charge on any atom is -0.398 e. The average Bonchev–Trinajstić information content (AvgIpc) is 2.34. The van der Waals surface area contributed by atoms with Gasteiger partial charge < -0.3 is 15.9 Å². The number of nitrogens with zero attached hydrogens (tertiary/aromatic N) is 1. The highest BCUT2D eigenvalue weighted by molar-refractivity contribution is 5.57. The summed E-state index contributed by atoms with van der Waals surface area (Å²) < 4.78 is 0. The second kappa shape index (κ2) is 5.04. The molecule has 0 aromatic heterocycles. The fraction of sp³-hybridized carbons (Fsp3) is 0.538. The molecule has 0 saturated carbocycles. The summed E-state index contributed by atoms with van der Waals surface area (Å²) in [6.45, 7) is 4.05. The number of anilines is 1. The Bertz CT molecular complexity index is 407. The van der Waals surface area contributed by atoms with Gasteiger partial charge in [0, 0.05) is 25.3 Å². The number of hydrogen-bond donors (Lipinski definition) is 3. The van der Waals surface area contributed by atoms with Crippen molar-refractivity contribution in [3.63, 3.8) is 0 Å². The summed E-state index contributed by atoms with van der Waals surface area (Å²) in [5.41, 5.74) is 10.6. The lowest BCUT2D eigenvalue weighted by atomic mass is 9.95. The summed E-state index contributed by atoms with van der Waals surface area (Å²) in [7, 11) is 0. The van der Waals surface area contributed by atoms with Gasteiger partial charge in [0.25, 0.3) is 0 Å². The normalized spacial score (nSPS) is 17.8. The number of nitrogens with two attached hydrogens (primary N) is 1. The van der Waals surface area contributed by atoms with E-state index in [1.165, 1.54) is 11.1 Å². The van der Waals surface area contributed by atoms with Gasteiger partial charge in [0.05, 0.1) is 12.7 Å². The molecule has 4 heteroatoms. The lowest BCUT2D eigenvalue weighted by Gasteiger charge is -2.31. The third-order valence-corrected chi connectivity index (χ3v) is 3.42. The first-order valence-electron chi connectivity index (χ1n) is 6.00. The number of fused-ring (bicyclic) bond motifs is 1. The van der Waals surface area contributed by atoms with Crippen molar-refractivity contribution >= 4 is 5.69 Å². The predicted octanol–water partition coefficient (Wildman–Crippen LogP) is 0.289. The molecule has 1 aromatic rings. The molecule has 1 unspecified atom stereocenters. The van der Waals surface area contributed by atoms with E-state index in [0.717, 1.165) is 30.8 Å². The molecule has 94 valence electrons. The van der Waals surface area contributed by atoms with Crippen molar-refractivity contribution in [2.75, 3.05) is 25.4 Å². The van der Waals surface area contributed by atoms with Crippen molar-refractivity contribution < 1.29 is 10.2 Å². The molecular weight excluding hydrogens is 216 g/mol. The standard InChI is InChI=1S/C13H20N2O2/c1-9-2-3-10-6-15(7-11(17)8-16)5-4-12(10)13(9)14/h2-3,11,16-17H,4-8,14H2,1H3. The molecule has 17 heavy (non-hydrogen) atoms. The van der Waals surface area contributed by atoms with Gasteiger partial charge in [0.15, 0.2) is 0 Å². The number of hydrogen-bond acceptors (Lipinski definition) is 4. The van der Waals surface area contributed by atoms with Crippen LogP contribution in [0.3, 0.4) is 0 Å². The number of rotatable bonds is 3. The highest BCUT2D eigenvalue weighted by atomic mass is 16.3. The number of nitrogen functional groups attached to an aromatic ring is 1. The fourth-order valence-corrected chi connectivity index (χ4v) is 2.37. The highest BCUT2D eigenvalue weighted by Gasteiger charge is 2.20. The number of aryl methyl sites for hydroxylation is 1.